The standard InChI is InChI=1S/C38H38N6O2/c1-45-35-25-32-34(26-36(35)46-27-28-11-4-2-5-12-28)41-38(44-23-21-43(22-24-44)30-15-6-3-7-16-30)42-37(32)40-20-19-39-33-18-10-14-29-13-8-9-17-31(29)33/h2-18,25-26,39H,19-24,27H2,1H3,(H,40,41,42). The van der Waals surface area contributed by atoms with Crippen LogP contribution in [0.25, 0.3) is 21.7 Å². The summed E-state index contributed by atoms with van der Waals surface area (Å²) in [6.45, 7) is 5.29. The van der Waals surface area contributed by atoms with Crippen LogP contribution in [0.4, 0.5) is 23.1 Å². The summed E-state index contributed by atoms with van der Waals surface area (Å²) in [4.78, 5) is 14.8. The number of para-hydroxylation sites is 1. The first-order valence-electron chi connectivity index (χ1n) is 15.8. The molecule has 1 saturated heterocycles. The summed E-state index contributed by atoms with van der Waals surface area (Å²) in [6, 6.07) is 39.4. The zero-order valence-corrected chi connectivity index (χ0v) is 26.0. The van der Waals surface area contributed by atoms with Crippen molar-refractivity contribution in [3.05, 3.63) is 121 Å². The van der Waals surface area contributed by atoms with Crippen LogP contribution in [0, 0.1) is 0 Å². The minimum absolute atomic E-state index is 0.438. The molecule has 0 radical (unpaired) electrons. The zero-order chi connectivity index (χ0) is 31.1. The van der Waals surface area contributed by atoms with Crippen molar-refractivity contribution in [1.29, 1.82) is 0 Å². The molecule has 2 N–H and O–H groups in total. The third-order valence-corrected chi connectivity index (χ3v) is 8.41. The van der Waals surface area contributed by atoms with Crippen LogP contribution in [-0.4, -0.2) is 56.3 Å². The van der Waals surface area contributed by atoms with Crippen LogP contribution in [0.3, 0.4) is 0 Å². The second-order valence-corrected chi connectivity index (χ2v) is 11.4. The maximum atomic E-state index is 6.26. The number of benzene rings is 5. The van der Waals surface area contributed by atoms with E-state index in [1.54, 1.807) is 7.11 Å². The molecule has 1 aliphatic rings. The molecule has 8 nitrogen and oxygen atoms in total. The summed E-state index contributed by atoms with van der Waals surface area (Å²) >= 11 is 0. The Bertz CT molecular complexity index is 1900. The monoisotopic (exact) mass is 610 g/mol. The molecule has 0 aliphatic carbocycles. The lowest BCUT2D eigenvalue weighted by atomic mass is 10.1. The van der Waals surface area contributed by atoms with Crippen molar-refractivity contribution in [2.45, 2.75) is 6.61 Å². The zero-order valence-electron chi connectivity index (χ0n) is 26.0. The van der Waals surface area contributed by atoms with Crippen molar-refractivity contribution < 1.29 is 9.47 Å². The van der Waals surface area contributed by atoms with Gasteiger partial charge in [-0.1, -0.05) is 84.9 Å². The number of rotatable bonds is 11. The Morgan fingerprint density at radius 3 is 2.15 bits per heavy atom. The van der Waals surface area contributed by atoms with Gasteiger partial charge in [0.25, 0.3) is 0 Å². The normalized spacial score (nSPS) is 13.2. The van der Waals surface area contributed by atoms with Crippen LogP contribution in [0.15, 0.2) is 115 Å². The smallest absolute Gasteiger partial charge is 0.228 e. The number of anilines is 4. The largest absolute Gasteiger partial charge is 0.493 e. The number of hydrogen-bond donors (Lipinski definition) is 2. The highest BCUT2D eigenvalue weighted by molar-refractivity contribution is 5.94. The summed E-state index contributed by atoms with van der Waals surface area (Å²) in [5.41, 5.74) is 4.26. The van der Waals surface area contributed by atoms with Gasteiger partial charge in [0.2, 0.25) is 5.95 Å². The second-order valence-electron chi connectivity index (χ2n) is 11.4. The van der Waals surface area contributed by atoms with E-state index in [1.807, 2.05) is 30.3 Å². The van der Waals surface area contributed by atoms with E-state index in [0.29, 0.717) is 30.6 Å². The lowest BCUT2D eigenvalue weighted by Gasteiger charge is -2.36. The van der Waals surface area contributed by atoms with Gasteiger partial charge in [-0.05, 0) is 35.2 Å². The van der Waals surface area contributed by atoms with E-state index in [-0.39, 0.29) is 0 Å². The molecule has 1 fully saturated rings. The average Bonchev–Trinajstić information content (AvgIpc) is 3.13. The van der Waals surface area contributed by atoms with E-state index in [9.17, 15) is 0 Å². The number of nitrogens with one attached hydrogen (secondary N) is 2. The minimum Gasteiger partial charge on any atom is -0.493 e. The molecule has 0 spiro atoms. The van der Waals surface area contributed by atoms with E-state index in [0.717, 1.165) is 60.7 Å². The van der Waals surface area contributed by atoms with Gasteiger partial charge in [0.05, 0.1) is 12.6 Å². The Morgan fingerprint density at radius 1 is 0.652 bits per heavy atom. The van der Waals surface area contributed by atoms with E-state index in [2.05, 4.69) is 105 Å². The van der Waals surface area contributed by atoms with Gasteiger partial charge >= 0.3 is 0 Å². The third-order valence-electron chi connectivity index (χ3n) is 8.41. The van der Waals surface area contributed by atoms with Crippen molar-refractivity contribution in [3.8, 4) is 11.5 Å². The number of fused-ring (bicyclic) bond motifs is 2. The van der Waals surface area contributed by atoms with Gasteiger partial charge < -0.3 is 29.9 Å². The van der Waals surface area contributed by atoms with Gasteiger partial charge in [-0.25, -0.2) is 4.98 Å². The molecule has 46 heavy (non-hydrogen) atoms. The lowest BCUT2D eigenvalue weighted by Crippen LogP contribution is -2.47. The quantitative estimate of drug-likeness (QED) is 0.149. The lowest BCUT2D eigenvalue weighted by molar-refractivity contribution is 0.285. The maximum absolute atomic E-state index is 6.26. The van der Waals surface area contributed by atoms with Crippen LogP contribution in [0.2, 0.25) is 0 Å². The molecule has 232 valence electrons. The van der Waals surface area contributed by atoms with E-state index in [4.69, 9.17) is 19.4 Å². The molecule has 0 amide bonds. The van der Waals surface area contributed by atoms with Crippen molar-refractivity contribution in [3.63, 3.8) is 0 Å². The third kappa shape index (κ3) is 6.47. The van der Waals surface area contributed by atoms with Crippen molar-refractivity contribution in [1.82, 2.24) is 9.97 Å². The first-order valence-corrected chi connectivity index (χ1v) is 15.8. The molecule has 0 unspecified atom stereocenters. The Balaban J connectivity index is 1.14. The van der Waals surface area contributed by atoms with Gasteiger partial charge in [0.15, 0.2) is 11.5 Å². The Morgan fingerprint density at radius 2 is 1.35 bits per heavy atom. The van der Waals surface area contributed by atoms with Gasteiger partial charge in [-0.2, -0.15) is 4.98 Å². The van der Waals surface area contributed by atoms with Crippen LogP contribution in [0.1, 0.15) is 5.56 Å². The minimum atomic E-state index is 0.438. The van der Waals surface area contributed by atoms with Crippen molar-refractivity contribution in [2.24, 2.45) is 0 Å². The number of ether oxygens (including phenoxy) is 2. The highest BCUT2D eigenvalue weighted by atomic mass is 16.5. The summed E-state index contributed by atoms with van der Waals surface area (Å²) in [7, 11) is 1.67. The molecule has 8 heteroatoms. The average molecular weight is 611 g/mol. The Kier molecular flexibility index (Phi) is 8.67. The topological polar surface area (TPSA) is 74.8 Å². The fourth-order valence-electron chi connectivity index (χ4n) is 5.97. The number of methoxy groups -OCH3 is 1. The highest BCUT2D eigenvalue weighted by Crippen LogP contribution is 2.36. The van der Waals surface area contributed by atoms with Gasteiger partial charge in [0, 0.05) is 67.5 Å². The SMILES string of the molecule is COc1cc2c(NCCNc3cccc4ccccc34)nc(N3CCN(c4ccccc4)CC3)nc2cc1OCc1ccccc1. The van der Waals surface area contributed by atoms with E-state index in [1.165, 1.54) is 16.5 Å². The molecule has 0 saturated carbocycles. The fraction of sp³-hybridized carbons (Fsp3) is 0.211. The molecule has 6 aromatic rings. The van der Waals surface area contributed by atoms with Crippen LogP contribution in [0.5, 0.6) is 11.5 Å². The summed E-state index contributed by atoms with van der Waals surface area (Å²) in [6.07, 6.45) is 0. The predicted molar refractivity (Wildman–Crippen MR) is 189 cm³/mol. The number of aromatic nitrogens is 2. The van der Waals surface area contributed by atoms with E-state index < -0.39 is 0 Å². The first kappa shape index (κ1) is 29.2. The van der Waals surface area contributed by atoms with Gasteiger partial charge in [0.1, 0.15) is 12.4 Å². The number of hydrogen-bond acceptors (Lipinski definition) is 8. The molecule has 7 rings (SSSR count). The fourth-order valence-corrected chi connectivity index (χ4v) is 5.97. The van der Waals surface area contributed by atoms with Crippen molar-refractivity contribution in [2.75, 3.05) is 66.8 Å². The highest BCUT2D eigenvalue weighted by Gasteiger charge is 2.22. The van der Waals surface area contributed by atoms with E-state index >= 15 is 0 Å². The summed E-state index contributed by atoms with van der Waals surface area (Å²) in [5, 5.41) is 10.5. The van der Waals surface area contributed by atoms with Crippen molar-refractivity contribution >= 4 is 44.8 Å². The summed E-state index contributed by atoms with van der Waals surface area (Å²) < 4.78 is 12.0. The molecule has 5 aromatic carbocycles. The number of nitrogens with zero attached hydrogens (tertiary/aromatic N) is 4. The molecule has 1 aromatic heterocycles. The molecule has 0 atom stereocenters. The number of piperazine rings is 1. The molecule has 1 aliphatic heterocycles. The first-order chi connectivity index (χ1) is 22.7. The maximum Gasteiger partial charge on any atom is 0.228 e. The van der Waals surface area contributed by atoms with Gasteiger partial charge in [-0.15, -0.1) is 0 Å². The van der Waals surface area contributed by atoms with Crippen LogP contribution >= 0.6 is 0 Å². The predicted octanol–water partition coefficient (Wildman–Crippen LogP) is 7.22. The Hall–Kier alpha value is -5.50. The second kappa shape index (κ2) is 13.6. The summed E-state index contributed by atoms with van der Waals surface area (Å²) in [5.74, 6) is 2.79. The molecule has 2 heterocycles. The van der Waals surface area contributed by atoms with Crippen LogP contribution in [-0.2, 0) is 6.61 Å². The van der Waals surface area contributed by atoms with Crippen LogP contribution < -0.4 is 29.9 Å². The van der Waals surface area contributed by atoms with Gasteiger partial charge in [-0.3, -0.25) is 0 Å². The molecular weight excluding hydrogens is 572 g/mol. The Labute approximate surface area is 269 Å². The molecule has 0 bridgehead atoms. The molecular formula is C38H38N6O2.